The topological polar surface area (TPSA) is 38.3 Å². The van der Waals surface area contributed by atoms with Crippen molar-refractivity contribution in [1.82, 2.24) is 0 Å². The number of carbonyl (C=O) groups is 1. The molecule has 2 aromatic rings. The summed E-state index contributed by atoms with van der Waals surface area (Å²) in [6, 6.07) is 11.0. The van der Waals surface area contributed by atoms with Crippen LogP contribution in [0.5, 0.6) is 5.75 Å². The van der Waals surface area contributed by atoms with Crippen LogP contribution in [-0.4, -0.2) is 12.3 Å². The molecule has 7 heteroatoms. The fraction of sp³-hybridized carbons (Fsp3) is 0.188. The molecule has 0 unspecified atom stereocenters. The third-order valence-electron chi connectivity index (χ3n) is 2.92. The first kappa shape index (κ1) is 16.8. The minimum atomic E-state index is -4.84. The Balaban J connectivity index is 1.98. The molecule has 0 radical (unpaired) electrons. The number of halogens is 4. The highest BCUT2D eigenvalue weighted by Gasteiger charge is 2.32. The molecule has 3 nitrogen and oxygen atoms in total. The molecule has 0 aliphatic heterocycles. The summed E-state index contributed by atoms with van der Waals surface area (Å²) in [7, 11) is 0. The first-order chi connectivity index (χ1) is 10.8. The number of alkyl halides is 3. The van der Waals surface area contributed by atoms with Crippen LogP contribution in [0.2, 0.25) is 0 Å². The number of ether oxygens (including phenoxy) is 1. The van der Waals surface area contributed by atoms with Gasteiger partial charge in [-0.3, -0.25) is 4.79 Å². The molecule has 1 amide bonds. The summed E-state index contributed by atoms with van der Waals surface area (Å²) in [5, 5.41) is 2.36. The third-order valence-corrected chi connectivity index (χ3v) is 2.92. The molecule has 0 fully saturated rings. The number of benzene rings is 2. The van der Waals surface area contributed by atoms with Crippen molar-refractivity contribution in [3.05, 3.63) is 59.9 Å². The Morgan fingerprint density at radius 3 is 2.52 bits per heavy atom. The lowest BCUT2D eigenvalue weighted by molar-refractivity contribution is -0.274. The van der Waals surface area contributed by atoms with Gasteiger partial charge < -0.3 is 10.1 Å². The van der Waals surface area contributed by atoms with Crippen LogP contribution in [0.4, 0.5) is 23.2 Å². The zero-order chi connectivity index (χ0) is 16.9. The lowest BCUT2D eigenvalue weighted by atomic mass is 10.1. The van der Waals surface area contributed by atoms with Crippen LogP contribution in [0.1, 0.15) is 12.0 Å². The second-order valence-corrected chi connectivity index (χ2v) is 4.72. The summed E-state index contributed by atoms with van der Waals surface area (Å²) in [4.78, 5) is 11.8. The molecule has 0 aromatic heterocycles. The van der Waals surface area contributed by atoms with E-state index in [0.717, 1.165) is 6.07 Å². The summed E-state index contributed by atoms with van der Waals surface area (Å²) >= 11 is 0. The maximum Gasteiger partial charge on any atom is 0.573 e. The quantitative estimate of drug-likeness (QED) is 0.832. The Bertz CT molecular complexity index is 686. The van der Waals surface area contributed by atoms with E-state index in [0.29, 0.717) is 5.56 Å². The van der Waals surface area contributed by atoms with Crippen molar-refractivity contribution in [2.75, 3.05) is 5.32 Å². The van der Waals surface area contributed by atoms with Gasteiger partial charge in [-0.2, -0.15) is 0 Å². The predicted octanol–water partition coefficient (Wildman–Crippen LogP) is 4.30. The van der Waals surface area contributed by atoms with Gasteiger partial charge in [0.25, 0.3) is 0 Å². The van der Waals surface area contributed by atoms with Crippen molar-refractivity contribution in [3.63, 3.8) is 0 Å². The summed E-state index contributed by atoms with van der Waals surface area (Å²) < 4.78 is 53.8. The maximum absolute atomic E-state index is 13.0. The molecule has 0 saturated carbocycles. The molecule has 0 saturated heterocycles. The minimum Gasteiger partial charge on any atom is -0.404 e. The highest BCUT2D eigenvalue weighted by molar-refractivity contribution is 5.92. The van der Waals surface area contributed by atoms with Crippen molar-refractivity contribution in [1.29, 1.82) is 0 Å². The van der Waals surface area contributed by atoms with Crippen LogP contribution in [0.3, 0.4) is 0 Å². The molecule has 0 atom stereocenters. The standard InChI is InChI=1S/C16H13F4NO2/c17-12-5-3-4-11(10-12)8-9-15(22)21-13-6-1-2-7-14(13)23-16(18,19)20/h1-7,10H,8-9H2,(H,21,22). The molecule has 2 rings (SSSR count). The Kier molecular flexibility index (Phi) is 5.20. The third kappa shape index (κ3) is 5.61. The molecule has 23 heavy (non-hydrogen) atoms. The zero-order valence-corrected chi connectivity index (χ0v) is 11.9. The largest absolute Gasteiger partial charge is 0.573 e. The highest BCUT2D eigenvalue weighted by Crippen LogP contribution is 2.30. The van der Waals surface area contributed by atoms with E-state index in [1.54, 1.807) is 6.07 Å². The average Bonchev–Trinajstić information content (AvgIpc) is 2.46. The minimum absolute atomic E-state index is 0.00378. The molecule has 0 aliphatic carbocycles. The van der Waals surface area contributed by atoms with E-state index < -0.39 is 23.8 Å². The number of hydrogen-bond acceptors (Lipinski definition) is 2. The Morgan fingerprint density at radius 1 is 1.09 bits per heavy atom. The van der Waals surface area contributed by atoms with Gasteiger partial charge in [-0.25, -0.2) is 4.39 Å². The van der Waals surface area contributed by atoms with Crippen molar-refractivity contribution >= 4 is 11.6 Å². The van der Waals surface area contributed by atoms with E-state index in [4.69, 9.17) is 0 Å². The lowest BCUT2D eigenvalue weighted by Crippen LogP contribution is -2.19. The summed E-state index contributed by atoms with van der Waals surface area (Å²) in [6.07, 6.45) is -4.57. The molecule has 0 spiro atoms. The van der Waals surface area contributed by atoms with E-state index in [1.807, 2.05) is 0 Å². The molecule has 0 heterocycles. The Morgan fingerprint density at radius 2 is 1.83 bits per heavy atom. The smallest absolute Gasteiger partial charge is 0.404 e. The van der Waals surface area contributed by atoms with Crippen LogP contribution in [0.25, 0.3) is 0 Å². The first-order valence-corrected chi connectivity index (χ1v) is 6.72. The zero-order valence-electron chi connectivity index (χ0n) is 11.9. The van der Waals surface area contributed by atoms with Gasteiger partial charge in [0, 0.05) is 6.42 Å². The van der Waals surface area contributed by atoms with E-state index >= 15 is 0 Å². The second kappa shape index (κ2) is 7.13. The molecule has 122 valence electrons. The van der Waals surface area contributed by atoms with Crippen LogP contribution in [0.15, 0.2) is 48.5 Å². The molecular formula is C16H13F4NO2. The van der Waals surface area contributed by atoms with Crippen LogP contribution >= 0.6 is 0 Å². The summed E-state index contributed by atoms with van der Waals surface area (Å²) in [6.45, 7) is 0. The Hall–Kier alpha value is -2.57. The van der Waals surface area contributed by atoms with Gasteiger partial charge in [0.1, 0.15) is 5.82 Å². The van der Waals surface area contributed by atoms with E-state index in [-0.39, 0.29) is 18.5 Å². The lowest BCUT2D eigenvalue weighted by Gasteiger charge is -2.13. The molecule has 2 aromatic carbocycles. The van der Waals surface area contributed by atoms with Gasteiger partial charge in [-0.1, -0.05) is 24.3 Å². The maximum atomic E-state index is 13.0. The van der Waals surface area contributed by atoms with E-state index in [1.165, 1.54) is 36.4 Å². The molecule has 0 bridgehead atoms. The van der Waals surface area contributed by atoms with E-state index in [9.17, 15) is 22.4 Å². The summed E-state index contributed by atoms with van der Waals surface area (Å²) in [5.74, 6) is -1.39. The number of para-hydroxylation sites is 2. The number of carbonyl (C=O) groups excluding carboxylic acids is 1. The van der Waals surface area contributed by atoms with E-state index in [2.05, 4.69) is 10.1 Å². The fourth-order valence-corrected chi connectivity index (χ4v) is 1.95. The first-order valence-electron chi connectivity index (χ1n) is 6.72. The number of rotatable bonds is 5. The van der Waals surface area contributed by atoms with Crippen LogP contribution < -0.4 is 10.1 Å². The number of aryl methyl sites for hydroxylation is 1. The van der Waals surface area contributed by atoms with Crippen LogP contribution in [-0.2, 0) is 11.2 Å². The fourth-order valence-electron chi connectivity index (χ4n) is 1.95. The molecule has 1 N–H and O–H groups in total. The molecular weight excluding hydrogens is 314 g/mol. The number of anilines is 1. The average molecular weight is 327 g/mol. The van der Waals surface area contributed by atoms with Crippen LogP contribution in [0, 0.1) is 5.82 Å². The van der Waals surface area contributed by atoms with Gasteiger partial charge in [-0.05, 0) is 36.2 Å². The van der Waals surface area contributed by atoms with Gasteiger partial charge in [-0.15, -0.1) is 13.2 Å². The monoisotopic (exact) mass is 327 g/mol. The normalized spacial score (nSPS) is 11.1. The van der Waals surface area contributed by atoms with Crippen molar-refractivity contribution < 1.29 is 27.1 Å². The number of amides is 1. The number of nitrogens with one attached hydrogen (secondary N) is 1. The SMILES string of the molecule is O=C(CCc1cccc(F)c1)Nc1ccccc1OC(F)(F)F. The Labute approximate surface area is 129 Å². The number of hydrogen-bond donors (Lipinski definition) is 1. The second-order valence-electron chi connectivity index (χ2n) is 4.72. The molecule has 0 aliphatic rings. The van der Waals surface area contributed by atoms with Crippen molar-refractivity contribution in [2.24, 2.45) is 0 Å². The van der Waals surface area contributed by atoms with Crippen molar-refractivity contribution in [2.45, 2.75) is 19.2 Å². The van der Waals surface area contributed by atoms with Gasteiger partial charge >= 0.3 is 6.36 Å². The van der Waals surface area contributed by atoms with Gasteiger partial charge in [0.15, 0.2) is 5.75 Å². The predicted molar refractivity (Wildman–Crippen MR) is 76.5 cm³/mol. The van der Waals surface area contributed by atoms with Gasteiger partial charge in [0.2, 0.25) is 5.91 Å². The summed E-state index contributed by atoms with van der Waals surface area (Å²) in [5.41, 5.74) is 0.550. The van der Waals surface area contributed by atoms with Crippen molar-refractivity contribution in [3.8, 4) is 5.75 Å². The van der Waals surface area contributed by atoms with Gasteiger partial charge in [0.05, 0.1) is 5.69 Å². The highest BCUT2D eigenvalue weighted by atomic mass is 19.4.